The molecule has 0 aliphatic heterocycles. The molecule has 27 heavy (non-hydrogen) atoms. The average molecular weight is 410 g/mol. The van der Waals surface area contributed by atoms with Crippen LogP contribution in [0, 0.1) is 0 Å². The van der Waals surface area contributed by atoms with Gasteiger partial charge in [0, 0.05) is 17.4 Å². The number of aromatic carboxylic acids is 1. The summed E-state index contributed by atoms with van der Waals surface area (Å²) in [6.45, 7) is -0.0871. The fourth-order valence-corrected chi connectivity index (χ4v) is 2.90. The Bertz CT molecular complexity index is 988. The summed E-state index contributed by atoms with van der Waals surface area (Å²) in [6, 6.07) is 9.09. The Kier molecular flexibility index (Phi) is 7.37. The Morgan fingerprint density at radius 3 is 2.37 bits per heavy atom. The van der Waals surface area contributed by atoms with Crippen molar-refractivity contribution in [3.63, 3.8) is 0 Å². The van der Waals surface area contributed by atoms with Crippen LogP contribution in [0.2, 0.25) is 5.02 Å². The van der Waals surface area contributed by atoms with Crippen LogP contribution in [0.4, 0.5) is 13.2 Å². The number of aromatic hydroxyl groups is 1. The van der Waals surface area contributed by atoms with Crippen molar-refractivity contribution in [3.8, 4) is 5.75 Å². The number of carboxylic acid groups (broad SMARTS) is 1. The third kappa shape index (κ3) is 4.77. The van der Waals surface area contributed by atoms with Crippen molar-refractivity contribution in [2.24, 2.45) is 0 Å². The summed E-state index contributed by atoms with van der Waals surface area (Å²) in [7, 11) is 0. The fraction of sp³-hybridized carbons (Fsp3) is 0.118. The number of nitrogens with zero attached hydrogens (tertiary/aromatic N) is 1. The zero-order valence-electron chi connectivity index (χ0n) is 14.0. The molecule has 0 amide bonds. The molecule has 3 aromatic rings. The Hall–Kier alpha value is -1.71. The van der Waals surface area contributed by atoms with Crippen molar-refractivity contribution in [1.29, 1.82) is 0 Å². The molecular weight excluding hydrogens is 398 g/mol. The van der Waals surface area contributed by atoms with E-state index in [1.54, 1.807) is 0 Å². The molecule has 0 aliphatic carbocycles. The number of rotatable bonds is 3. The average Bonchev–Trinajstić information content (AvgIpc) is 2.86. The Balaban J connectivity index is 0.00000182. The molecule has 0 unspecified atom stereocenters. The third-order valence-electron chi connectivity index (χ3n) is 3.78. The van der Waals surface area contributed by atoms with Crippen molar-refractivity contribution < 1.29 is 63.2 Å². The van der Waals surface area contributed by atoms with Gasteiger partial charge in [-0.15, -0.1) is 0 Å². The van der Waals surface area contributed by atoms with Crippen LogP contribution in [-0.4, -0.2) is 26.2 Å². The summed E-state index contributed by atoms with van der Waals surface area (Å²) in [5.41, 5.74) is -0.328. The summed E-state index contributed by atoms with van der Waals surface area (Å²) in [6.07, 6.45) is -4.60. The van der Waals surface area contributed by atoms with E-state index in [1.165, 1.54) is 34.9 Å². The number of carbonyl (C=O) groups is 1. The standard InChI is InChI=1S/C17H11ClF3NO3.Na.H2O/c18-13-3-1-9(5-12(13)17(19,20)21)8-22-14-4-2-11(23)6-10(14)7-15(22)16(24)25;;/h1-7,23H,8H2,(H,24,25);;1H2/q;+1;/p-1. The molecule has 0 radical (unpaired) electrons. The number of halogens is 4. The Morgan fingerprint density at radius 2 is 1.78 bits per heavy atom. The van der Waals surface area contributed by atoms with Crippen LogP contribution in [0.3, 0.4) is 0 Å². The molecule has 0 fully saturated rings. The van der Waals surface area contributed by atoms with Gasteiger partial charge in [-0.25, -0.2) is 4.79 Å². The van der Waals surface area contributed by atoms with Gasteiger partial charge in [0.05, 0.1) is 10.6 Å². The van der Waals surface area contributed by atoms with Gasteiger partial charge >= 0.3 is 41.7 Å². The minimum Gasteiger partial charge on any atom is -0.870 e. The summed E-state index contributed by atoms with van der Waals surface area (Å²) >= 11 is 5.61. The van der Waals surface area contributed by atoms with Crippen molar-refractivity contribution in [2.75, 3.05) is 0 Å². The van der Waals surface area contributed by atoms with Crippen LogP contribution in [-0.2, 0) is 12.7 Å². The molecule has 0 saturated carbocycles. The Labute approximate surface area is 178 Å². The number of aromatic nitrogens is 1. The molecular formula is C17H12ClF3NNaO4. The van der Waals surface area contributed by atoms with E-state index in [0.29, 0.717) is 10.9 Å². The molecule has 138 valence electrons. The van der Waals surface area contributed by atoms with Gasteiger partial charge in [0.25, 0.3) is 0 Å². The van der Waals surface area contributed by atoms with Crippen LogP contribution in [0.15, 0.2) is 42.5 Å². The monoisotopic (exact) mass is 409 g/mol. The molecule has 0 atom stereocenters. The summed E-state index contributed by atoms with van der Waals surface area (Å²) < 4.78 is 40.4. The van der Waals surface area contributed by atoms with E-state index in [9.17, 15) is 28.2 Å². The molecule has 0 bridgehead atoms. The second-order valence-electron chi connectivity index (χ2n) is 5.48. The largest absolute Gasteiger partial charge is 1.00 e. The quantitative estimate of drug-likeness (QED) is 0.643. The maximum Gasteiger partial charge on any atom is 1.00 e. The van der Waals surface area contributed by atoms with E-state index in [0.717, 1.165) is 12.1 Å². The first-order valence-corrected chi connectivity index (χ1v) is 7.46. The van der Waals surface area contributed by atoms with E-state index < -0.39 is 22.7 Å². The maximum atomic E-state index is 13.0. The predicted octanol–water partition coefficient (Wildman–Crippen LogP) is 1.59. The first-order chi connectivity index (χ1) is 11.7. The number of fused-ring (bicyclic) bond motifs is 1. The summed E-state index contributed by atoms with van der Waals surface area (Å²) in [5.74, 6) is -1.26. The number of phenols is 1. The molecule has 0 aliphatic rings. The maximum absolute atomic E-state index is 13.0. The second kappa shape index (κ2) is 8.53. The molecule has 10 heteroatoms. The number of hydrogen-bond donors (Lipinski definition) is 2. The van der Waals surface area contributed by atoms with E-state index in [1.807, 2.05) is 0 Å². The third-order valence-corrected chi connectivity index (χ3v) is 4.11. The van der Waals surface area contributed by atoms with Crippen LogP contribution >= 0.6 is 11.6 Å². The molecule has 0 spiro atoms. The minimum atomic E-state index is -4.60. The van der Waals surface area contributed by atoms with Crippen LogP contribution in [0.25, 0.3) is 10.9 Å². The zero-order valence-corrected chi connectivity index (χ0v) is 16.7. The fourth-order valence-electron chi connectivity index (χ4n) is 2.68. The molecule has 5 nitrogen and oxygen atoms in total. The van der Waals surface area contributed by atoms with Crippen molar-refractivity contribution in [2.45, 2.75) is 12.7 Å². The van der Waals surface area contributed by atoms with Gasteiger partial charge in [-0.05, 0) is 42.0 Å². The normalized spacial score (nSPS) is 11.0. The van der Waals surface area contributed by atoms with Gasteiger partial charge in [-0.1, -0.05) is 17.7 Å². The van der Waals surface area contributed by atoms with E-state index in [2.05, 4.69) is 0 Å². The van der Waals surface area contributed by atoms with Crippen molar-refractivity contribution >= 4 is 28.5 Å². The van der Waals surface area contributed by atoms with E-state index in [-0.39, 0.29) is 58.6 Å². The topological polar surface area (TPSA) is 92.5 Å². The van der Waals surface area contributed by atoms with Gasteiger partial charge in [-0.3, -0.25) is 0 Å². The number of carboxylic acids is 1. The molecule has 3 rings (SSSR count). The number of phenolic OH excluding ortho intramolecular Hbond substituents is 1. The van der Waals surface area contributed by atoms with Gasteiger partial charge in [0.2, 0.25) is 0 Å². The van der Waals surface area contributed by atoms with Crippen molar-refractivity contribution in [3.05, 3.63) is 64.3 Å². The van der Waals surface area contributed by atoms with Crippen LogP contribution < -0.4 is 29.6 Å². The first-order valence-electron chi connectivity index (χ1n) is 7.08. The summed E-state index contributed by atoms with van der Waals surface area (Å²) in [4.78, 5) is 11.5. The molecule has 1 heterocycles. The SMILES string of the molecule is O=C(O)c1cc2cc(O)ccc2n1Cc1ccc(Cl)c(C(F)(F)F)c1.[Na+].[OH-]. The van der Waals surface area contributed by atoms with Crippen LogP contribution in [0.5, 0.6) is 5.75 Å². The predicted molar refractivity (Wildman–Crippen MR) is 88.1 cm³/mol. The number of benzene rings is 2. The van der Waals surface area contributed by atoms with E-state index >= 15 is 0 Å². The molecule has 2 aromatic carbocycles. The van der Waals surface area contributed by atoms with E-state index in [4.69, 9.17) is 11.6 Å². The smallest absolute Gasteiger partial charge is 0.870 e. The Morgan fingerprint density at radius 1 is 1.11 bits per heavy atom. The van der Waals surface area contributed by atoms with Gasteiger partial charge in [0.1, 0.15) is 11.4 Å². The van der Waals surface area contributed by atoms with Gasteiger partial charge in [-0.2, -0.15) is 13.2 Å². The minimum absolute atomic E-state index is 0. The second-order valence-corrected chi connectivity index (χ2v) is 5.88. The summed E-state index contributed by atoms with van der Waals surface area (Å²) in [5, 5.41) is 18.9. The van der Waals surface area contributed by atoms with Gasteiger partial charge in [0.15, 0.2) is 0 Å². The number of hydrogen-bond acceptors (Lipinski definition) is 3. The van der Waals surface area contributed by atoms with Crippen LogP contribution in [0.1, 0.15) is 21.6 Å². The van der Waals surface area contributed by atoms with Gasteiger partial charge < -0.3 is 20.3 Å². The van der Waals surface area contributed by atoms with Crippen molar-refractivity contribution in [1.82, 2.24) is 4.57 Å². The first kappa shape index (κ1) is 23.3. The molecule has 3 N–H and O–H groups in total. The molecule has 0 saturated heterocycles. The number of alkyl halides is 3. The molecule has 1 aromatic heterocycles. The zero-order chi connectivity index (χ0) is 18.4.